The molecule has 1 aliphatic rings. The molecule has 1 heterocycles. The molecule has 3 rings (SSSR count). The summed E-state index contributed by atoms with van der Waals surface area (Å²) in [7, 11) is 0. The van der Waals surface area contributed by atoms with E-state index >= 15 is 0 Å². The first kappa shape index (κ1) is 21.3. The molecule has 0 bridgehead atoms. The maximum absolute atomic E-state index is 9.56. The normalized spacial score (nSPS) is 15.4. The second-order valence-corrected chi connectivity index (χ2v) is 7.42. The van der Waals surface area contributed by atoms with Crippen molar-refractivity contribution in [1.82, 2.24) is 4.90 Å². The summed E-state index contributed by atoms with van der Waals surface area (Å²) in [5.74, 6) is 0.267. The van der Waals surface area contributed by atoms with Crippen LogP contribution in [0, 0.1) is 0 Å². The van der Waals surface area contributed by atoms with E-state index in [0.717, 1.165) is 76.2 Å². The summed E-state index contributed by atoms with van der Waals surface area (Å²) in [5.41, 5.74) is 3.33. The van der Waals surface area contributed by atoms with Gasteiger partial charge in [-0.1, -0.05) is 35.5 Å². The third-order valence-corrected chi connectivity index (χ3v) is 5.16. The fourth-order valence-corrected chi connectivity index (χ4v) is 3.46. The first-order valence-electron chi connectivity index (χ1n) is 10.6. The molecule has 5 nitrogen and oxygen atoms in total. The van der Waals surface area contributed by atoms with Crippen LogP contribution in [0.4, 0.5) is 0 Å². The lowest BCUT2D eigenvalue weighted by Gasteiger charge is -2.26. The van der Waals surface area contributed by atoms with Gasteiger partial charge >= 0.3 is 0 Å². The molecule has 1 N–H and O–H groups in total. The second-order valence-electron chi connectivity index (χ2n) is 7.42. The van der Waals surface area contributed by atoms with Gasteiger partial charge in [0.2, 0.25) is 0 Å². The maximum atomic E-state index is 9.56. The Balaban J connectivity index is 1.46. The number of hydrogen-bond acceptors (Lipinski definition) is 5. The number of ether oxygens (including phenoxy) is 1. The maximum Gasteiger partial charge on any atom is 0.118 e. The number of benzene rings is 2. The van der Waals surface area contributed by atoms with Gasteiger partial charge in [0.05, 0.1) is 18.9 Å². The van der Waals surface area contributed by atoms with Crippen LogP contribution in [-0.2, 0) is 16.0 Å². The Kier molecular flexibility index (Phi) is 9.01. The SMILES string of the molecule is Oc1ccc(C(CCCCc2ccccc2)=NOCCCN2CCOCC2)cc1. The summed E-state index contributed by atoms with van der Waals surface area (Å²) in [4.78, 5) is 8.06. The monoisotopic (exact) mass is 396 g/mol. The van der Waals surface area contributed by atoms with E-state index in [2.05, 4.69) is 40.4 Å². The van der Waals surface area contributed by atoms with Crippen LogP contribution in [0.3, 0.4) is 0 Å². The van der Waals surface area contributed by atoms with E-state index in [1.165, 1.54) is 5.56 Å². The third-order valence-electron chi connectivity index (χ3n) is 5.16. The smallest absolute Gasteiger partial charge is 0.118 e. The fourth-order valence-electron chi connectivity index (χ4n) is 3.46. The van der Waals surface area contributed by atoms with Crippen LogP contribution in [0.2, 0.25) is 0 Å². The van der Waals surface area contributed by atoms with Gasteiger partial charge in [0.25, 0.3) is 0 Å². The van der Waals surface area contributed by atoms with Crippen LogP contribution in [-0.4, -0.2) is 55.2 Å². The Morgan fingerprint density at radius 2 is 1.72 bits per heavy atom. The van der Waals surface area contributed by atoms with Crippen molar-refractivity contribution in [2.75, 3.05) is 39.5 Å². The summed E-state index contributed by atoms with van der Waals surface area (Å²) in [5, 5.41) is 14.0. The molecule has 1 fully saturated rings. The van der Waals surface area contributed by atoms with Crippen molar-refractivity contribution in [3.05, 3.63) is 65.7 Å². The number of unbranched alkanes of at least 4 members (excludes halogenated alkanes) is 1. The van der Waals surface area contributed by atoms with E-state index in [0.29, 0.717) is 6.61 Å². The highest BCUT2D eigenvalue weighted by Crippen LogP contribution is 2.15. The van der Waals surface area contributed by atoms with Crippen molar-refractivity contribution in [3.63, 3.8) is 0 Å². The molecular formula is C24H32N2O3. The molecule has 0 aromatic heterocycles. The Morgan fingerprint density at radius 1 is 0.966 bits per heavy atom. The Bertz CT molecular complexity index is 726. The Hall–Kier alpha value is -2.37. The molecule has 29 heavy (non-hydrogen) atoms. The van der Waals surface area contributed by atoms with Crippen molar-refractivity contribution in [2.45, 2.75) is 32.1 Å². The highest BCUT2D eigenvalue weighted by Gasteiger charge is 2.10. The molecule has 1 aliphatic heterocycles. The third kappa shape index (κ3) is 7.87. The largest absolute Gasteiger partial charge is 0.508 e. The van der Waals surface area contributed by atoms with E-state index in [1.54, 1.807) is 12.1 Å². The van der Waals surface area contributed by atoms with Gasteiger partial charge in [-0.3, -0.25) is 4.90 Å². The van der Waals surface area contributed by atoms with Crippen molar-refractivity contribution in [1.29, 1.82) is 0 Å². The zero-order chi connectivity index (χ0) is 20.2. The lowest BCUT2D eigenvalue weighted by Crippen LogP contribution is -2.37. The first-order valence-corrected chi connectivity index (χ1v) is 10.6. The van der Waals surface area contributed by atoms with Crippen LogP contribution < -0.4 is 0 Å². The van der Waals surface area contributed by atoms with Crippen LogP contribution in [0.25, 0.3) is 0 Å². The number of hydrogen-bond donors (Lipinski definition) is 1. The summed E-state index contributed by atoms with van der Waals surface area (Å²) in [6.07, 6.45) is 5.05. The van der Waals surface area contributed by atoms with Crippen LogP contribution in [0.15, 0.2) is 59.8 Å². The molecule has 156 valence electrons. The highest BCUT2D eigenvalue weighted by atomic mass is 16.6. The number of oxime groups is 1. The van der Waals surface area contributed by atoms with Gasteiger partial charge in [0.1, 0.15) is 12.4 Å². The Labute approximate surface area is 173 Å². The van der Waals surface area contributed by atoms with Gasteiger partial charge in [-0.25, -0.2) is 0 Å². The quantitative estimate of drug-likeness (QED) is 0.350. The van der Waals surface area contributed by atoms with Crippen LogP contribution in [0.5, 0.6) is 5.75 Å². The summed E-state index contributed by atoms with van der Waals surface area (Å²) < 4.78 is 5.38. The number of rotatable bonds is 11. The van der Waals surface area contributed by atoms with Gasteiger partial charge in [-0.05, 0) is 67.5 Å². The first-order chi connectivity index (χ1) is 14.3. The van der Waals surface area contributed by atoms with Crippen molar-refractivity contribution < 1.29 is 14.7 Å². The second kappa shape index (κ2) is 12.2. The van der Waals surface area contributed by atoms with Gasteiger partial charge in [0, 0.05) is 19.6 Å². The molecule has 0 aliphatic carbocycles. The predicted octanol–water partition coefficient (Wildman–Crippen LogP) is 4.25. The van der Waals surface area contributed by atoms with Gasteiger partial charge in [-0.15, -0.1) is 0 Å². The number of phenolic OH excluding ortho intramolecular Hbond substituents is 1. The standard InChI is InChI=1S/C24H32N2O3/c27-23-13-11-22(12-14-23)24(10-5-4-9-21-7-2-1-3-8-21)25-29-18-6-15-26-16-19-28-20-17-26/h1-3,7-8,11-14,27H,4-6,9-10,15-20H2. The molecule has 2 aromatic rings. The number of nitrogens with zero attached hydrogens (tertiary/aromatic N) is 2. The number of phenols is 1. The van der Waals surface area contributed by atoms with Crippen LogP contribution >= 0.6 is 0 Å². The average Bonchev–Trinajstić information content (AvgIpc) is 2.77. The van der Waals surface area contributed by atoms with Crippen LogP contribution in [0.1, 0.15) is 36.8 Å². The molecule has 0 unspecified atom stereocenters. The molecule has 0 saturated carbocycles. The number of aromatic hydroxyl groups is 1. The van der Waals surface area contributed by atoms with E-state index in [1.807, 2.05) is 12.1 Å². The summed E-state index contributed by atoms with van der Waals surface area (Å²) in [6, 6.07) is 17.8. The van der Waals surface area contributed by atoms with Crippen molar-refractivity contribution in [2.24, 2.45) is 5.16 Å². The van der Waals surface area contributed by atoms with Gasteiger partial charge in [-0.2, -0.15) is 0 Å². The minimum Gasteiger partial charge on any atom is -0.508 e. The number of aryl methyl sites for hydroxylation is 1. The highest BCUT2D eigenvalue weighted by molar-refractivity contribution is 6.00. The van der Waals surface area contributed by atoms with E-state index in [4.69, 9.17) is 9.57 Å². The van der Waals surface area contributed by atoms with E-state index in [-0.39, 0.29) is 5.75 Å². The van der Waals surface area contributed by atoms with Crippen molar-refractivity contribution in [3.8, 4) is 5.75 Å². The zero-order valence-corrected chi connectivity index (χ0v) is 17.1. The minimum absolute atomic E-state index is 0.267. The molecule has 1 saturated heterocycles. The molecule has 0 amide bonds. The molecule has 0 spiro atoms. The Morgan fingerprint density at radius 3 is 2.48 bits per heavy atom. The molecule has 0 atom stereocenters. The van der Waals surface area contributed by atoms with E-state index in [9.17, 15) is 5.11 Å². The summed E-state index contributed by atoms with van der Waals surface area (Å²) >= 11 is 0. The lowest BCUT2D eigenvalue weighted by atomic mass is 10.0. The molecule has 5 heteroatoms. The zero-order valence-electron chi connectivity index (χ0n) is 17.1. The van der Waals surface area contributed by atoms with Gasteiger partial charge < -0.3 is 14.7 Å². The fraction of sp³-hybridized carbons (Fsp3) is 0.458. The molecule has 0 radical (unpaired) electrons. The molecular weight excluding hydrogens is 364 g/mol. The average molecular weight is 397 g/mol. The van der Waals surface area contributed by atoms with Crippen molar-refractivity contribution >= 4 is 5.71 Å². The van der Waals surface area contributed by atoms with Gasteiger partial charge in [0.15, 0.2) is 0 Å². The molecule has 2 aromatic carbocycles. The minimum atomic E-state index is 0.267. The number of morpholine rings is 1. The lowest BCUT2D eigenvalue weighted by molar-refractivity contribution is 0.0322. The summed E-state index contributed by atoms with van der Waals surface area (Å²) in [6.45, 7) is 5.29. The predicted molar refractivity (Wildman–Crippen MR) is 116 cm³/mol. The topological polar surface area (TPSA) is 54.3 Å². The van der Waals surface area contributed by atoms with E-state index < -0.39 is 0 Å².